The van der Waals surface area contributed by atoms with Crippen molar-refractivity contribution in [3.8, 4) is 0 Å². The molecule has 0 radical (unpaired) electrons. The van der Waals surface area contributed by atoms with Crippen LogP contribution in [0.3, 0.4) is 0 Å². The maximum atomic E-state index is 5.36. The van der Waals surface area contributed by atoms with Crippen LogP contribution in [0.25, 0.3) is 0 Å². The van der Waals surface area contributed by atoms with Crippen molar-refractivity contribution >= 4 is 0 Å². The number of nitrogens with zero attached hydrogens (tertiary/aromatic N) is 4. The highest BCUT2D eigenvalue weighted by molar-refractivity contribution is 5.14. The smallest absolute Gasteiger partial charge is 0.223 e. The summed E-state index contributed by atoms with van der Waals surface area (Å²) in [6, 6.07) is 2.07. The summed E-state index contributed by atoms with van der Waals surface area (Å²) in [5.41, 5.74) is 0.976. The van der Waals surface area contributed by atoms with E-state index in [1.165, 1.54) is 12.8 Å². The highest BCUT2D eigenvalue weighted by atomic mass is 16.5. The van der Waals surface area contributed by atoms with Crippen molar-refractivity contribution in [2.45, 2.75) is 45.7 Å². The Hall–Kier alpha value is -1.69. The molecule has 0 aliphatic heterocycles. The van der Waals surface area contributed by atoms with Crippen LogP contribution in [0.15, 0.2) is 15.1 Å². The Balaban J connectivity index is 1.61. The topological polar surface area (TPSA) is 68.2 Å². The van der Waals surface area contributed by atoms with Gasteiger partial charge in [-0.3, -0.25) is 4.90 Å². The van der Waals surface area contributed by atoms with Crippen LogP contribution in [0.1, 0.15) is 48.9 Å². The summed E-state index contributed by atoms with van der Waals surface area (Å²) in [6.45, 7) is 6.22. The maximum Gasteiger partial charge on any atom is 0.223 e. The number of aryl methyl sites for hydroxylation is 1. The monoisotopic (exact) mass is 262 g/mol. The Bertz CT molecular complexity index is 544. The van der Waals surface area contributed by atoms with Gasteiger partial charge in [0, 0.05) is 25.5 Å². The molecule has 2 aromatic rings. The predicted molar refractivity (Wildman–Crippen MR) is 67.3 cm³/mol. The van der Waals surface area contributed by atoms with Crippen LogP contribution in [-0.4, -0.2) is 26.7 Å². The van der Waals surface area contributed by atoms with Gasteiger partial charge in [-0.15, -0.1) is 0 Å². The summed E-state index contributed by atoms with van der Waals surface area (Å²) in [6.07, 6.45) is 2.46. The zero-order valence-corrected chi connectivity index (χ0v) is 11.3. The molecule has 6 heteroatoms. The van der Waals surface area contributed by atoms with E-state index in [2.05, 4.69) is 33.2 Å². The zero-order chi connectivity index (χ0) is 13.2. The fourth-order valence-corrected chi connectivity index (χ4v) is 2.08. The largest absolute Gasteiger partial charge is 0.361 e. The maximum absolute atomic E-state index is 5.36. The number of rotatable bonds is 6. The summed E-state index contributed by atoms with van der Waals surface area (Å²) < 4.78 is 10.3. The van der Waals surface area contributed by atoms with Crippen molar-refractivity contribution < 1.29 is 9.05 Å². The predicted octanol–water partition coefficient (Wildman–Crippen LogP) is 2.27. The first kappa shape index (κ1) is 12.3. The molecule has 2 heterocycles. The van der Waals surface area contributed by atoms with Gasteiger partial charge in [-0.2, -0.15) is 4.98 Å². The summed E-state index contributed by atoms with van der Waals surface area (Å²) in [7, 11) is 0. The lowest BCUT2D eigenvalue weighted by molar-refractivity contribution is 0.249. The van der Waals surface area contributed by atoms with Gasteiger partial charge in [0.2, 0.25) is 5.89 Å². The van der Waals surface area contributed by atoms with Gasteiger partial charge >= 0.3 is 0 Å². The first-order chi connectivity index (χ1) is 9.24. The minimum Gasteiger partial charge on any atom is -0.361 e. The first-order valence-electron chi connectivity index (χ1n) is 6.71. The third kappa shape index (κ3) is 3.01. The zero-order valence-electron chi connectivity index (χ0n) is 11.3. The second-order valence-electron chi connectivity index (χ2n) is 5.03. The summed E-state index contributed by atoms with van der Waals surface area (Å²) in [5.74, 6) is 2.95. The van der Waals surface area contributed by atoms with Crippen molar-refractivity contribution in [1.29, 1.82) is 0 Å². The normalized spacial score (nSPS) is 15.3. The fraction of sp³-hybridized carbons (Fsp3) is 0.615. The van der Waals surface area contributed by atoms with E-state index in [1.54, 1.807) is 6.92 Å². The van der Waals surface area contributed by atoms with E-state index < -0.39 is 0 Å². The van der Waals surface area contributed by atoms with Gasteiger partial charge in [-0.1, -0.05) is 17.2 Å². The van der Waals surface area contributed by atoms with Crippen molar-refractivity contribution in [1.82, 2.24) is 20.2 Å². The fourth-order valence-electron chi connectivity index (χ4n) is 2.08. The van der Waals surface area contributed by atoms with Crippen LogP contribution in [0.4, 0.5) is 0 Å². The Kier molecular flexibility index (Phi) is 3.33. The van der Waals surface area contributed by atoms with E-state index in [-0.39, 0.29) is 0 Å². The van der Waals surface area contributed by atoms with Crippen LogP contribution < -0.4 is 0 Å². The second-order valence-corrected chi connectivity index (χ2v) is 5.03. The molecule has 0 spiro atoms. The molecule has 0 atom stereocenters. The molecule has 1 fully saturated rings. The Morgan fingerprint density at radius 1 is 1.26 bits per heavy atom. The molecule has 0 saturated heterocycles. The van der Waals surface area contributed by atoms with Gasteiger partial charge in [-0.25, -0.2) is 0 Å². The Morgan fingerprint density at radius 3 is 2.74 bits per heavy atom. The van der Waals surface area contributed by atoms with Crippen molar-refractivity contribution in [3.63, 3.8) is 0 Å². The lowest BCUT2D eigenvalue weighted by atomic mass is 10.2. The third-order valence-electron chi connectivity index (χ3n) is 3.32. The molecule has 3 rings (SSSR count). The van der Waals surface area contributed by atoms with Gasteiger partial charge in [0.05, 0.1) is 12.2 Å². The standard InChI is InChI=1S/C13H18N4O2/c1-3-17(8-13-14-9(2)18-16-13)7-11-6-12(19-15-11)10-4-5-10/h6,10H,3-5,7-8H2,1-2H3. The molecule has 102 valence electrons. The van der Waals surface area contributed by atoms with Crippen LogP contribution in [-0.2, 0) is 13.1 Å². The molecule has 19 heavy (non-hydrogen) atoms. The summed E-state index contributed by atoms with van der Waals surface area (Å²) in [5, 5.41) is 8.05. The molecule has 0 N–H and O–H groups in total. The molecule has 1 aliphatic carbocycles. The number of hydrogen-bond donors (Lipinski definition) is 0. The van der Waals surface area contributed by atoms with Crippen LogP contribution in [0, 0.1) is 6.92 Å². The van der Waals surface area contributed by atoms with Crippen molar-refractivity contribution in [2.24, 2.45) is 0 Å². The van der Waals surface area contributed by atoms with Gasteiger partial charge in [-0.05, 0) is 19.4 Å². The molecule has 0 bridgehead atoms. The molecule has 6 nitrogen and oxygen atoms in total. The van der Waals surface area contributed by atoms with E-state index in [0.29, 0.717) is 24.2 Å². The molecule has 1 aliphatic rings. The molecule has 0 amide bonds. The average Bonchev–Trinajstić information content (AvgIpc) is 3.02. The summed E-state index contributed by atoms with van der Waals surface area (Å²) in [4.78, 5) is 6.43. The molecular formula is C13H18N4O2. The number of aromatic nitrogens is 3. The van der Waals surface area contributed by atoms with Crippen LogP contribution in [0.5, 0.6) is 0 Å². The summed E-state index contributed by atoms with van der Waals surface area (Å²) >= 11 is 0. The first-order valence-corrected chi connectivity index (χ1v) is 6.71. The average molecular weight is 262 g/mol. The van der Waals surface area contributed by atoms with Crippen molar-refractivity contribution in [3.05, 3.63) is 29.2 Å². The van der Waals surface area contributed by atoms with Crippen LogP contribution >= 0.6 is 0 Å². The SMILES string of the molecule is CCN(Cc1cc(C2CC2)on1)Cc1noc(C)n1. The van der Waals surface area contributed by atoms with Gasteiger partial charge in [0.25, 0.3) is 0 Å². The molecule has 1 saturated carbocycles. The Labute approximate surface area is 111 Å². The minimum atomic E-state index is 0.600. The van der Waals surface area contributed by atoms with Crippen molar-refractivity contribution in [2.75, 3.05) is 6.54 Å². The lowest BCUT2D eigenvalue weighted by Crippen LogP contribution is -2.23. The molecule has 2 aromatic heterocycles. The lowest BCUT2D eigenvalue weighted by Gasteiger charge is -2.16. The minimum absolute atomic E-state index is 0.600. The quantitative estimate of drug-likeness (QED) is 0.795. The molecule has 0 aromatic carbocycles. The Morgan fingerprint density at radius 2 is 2.11 bits per heavy atom. The number of hydrogen-bond acceptors (Lipinski definition) is 6. The third-order valence-corrected chi connectivity index (χ3v) is 3.32. The van der Waals surface area contributed by atoms with E-state index in [4.69, 9.17) is 9.05 Å². The molecular weight excluding hydrogens is 244 g/mol. The van der Waals surface area contributed by atoms with Gasteiger partial charge in [0.1, 0.15) is 5.76 Å². The highest BCUT2D eigenvalue weighted by Gasteiger charge is 2.28. The van der Waals surface area contributed by atoms with E-state index >= 15 is 0 Å². The van der Waals surface area contributed by atoms with Gasteiger partial charge < -0.3 is 9.05 Å². The van der Waals surface area contributed by atoms with Gasteiger partial charge in [0.15, 0.2) is 5.82 Å². The van der Waals surface area contributed by atoms with E-state index in [1.807, 2.05) is 0 Å². The van der Waals surface area contributed by atoms with E-state index in [0.717, 1.165) is 24.5 Å². The second kappa shape index (κ2) is 5.13. The van der Waals surface area contributed by atoms with E-state index in [9.17, 15) is 0 Å². The van der Waals surface area contributed by atoms with Crippen LogP contribution in [0.2, 0.25) is 0 Å². The highest BCUT2D eigenvalue weighted by Crippen LogP contribution is 2.40. The molecule has 0 unspecified atom stereocenters.